The van der Waals surface area contributed by atoms with Crippen LogP contribution < -0.4 is 4.90 Å². The molecule has 4 heterocycles. The second-order valence-corrected chi connectivity index (χ2v) is 6.46. The van der Waals surface area contributed by atoms with E-state index in [2.05, 4.69) is 46.2 Å². The Hall–Kier alpha value is -2.77. The number of aromatic nitrogens is 7. The van der Waals surface area contributed by atoms with E-state index in [1.54, 1.807) is 12.4 Å². The van der Waals surface area contributed by atoms with Gasteiger partial charge in [-0.05, 0) is 19.8 Å². The van der Waals surface area contributed by atoms with Crippen LogP contribution in [0, 0.1) is 6.92 Å². The highest BCUT2D eigenvalue weighted by Gasteiger charge is 2.25. The lowest BCUT2D eigenvalue weighted by Crippen LogP contribution is -2.34. The zero-order valence-corrected chi connectivity index (χ0v) is 14.6. The van der Waals surface area contributed by atoms with Crippen LogP contribution in [0.4, 0.5) is 5.82 Å². The van der Waals surface area contributed by atoms with Gasteiger partial charge in [-0.3, -0.25) is 4.98 Å². The number of aryl methyl sites for hydroxylation is 1. The van der Waals surface area contributed by atoms with Gasteiger partial charge in [0, 0.05) is 50.8 Å². The van der Waals surface area contributed by atoms with E-state index in [1.807, 2.05) is 25.5 Å². The Labute approximate surface area is 146 Å². The summed E-state index contributed by atoms with van der Waals surface area (Å²) in [5.74, 6) is 4.42. The van der Waals surface area contributed by atoms with Gasteiger partial charge < -0.3 is 14.0 Å². The minimum Gasteiger partial charge on any atom is -0.355 e. The number of piperidine rings is 1. The maximum atomic E-state index is 4.48. The first-order valence-electron chi connectivity index (χ1n) is 8.59. The van der Waals surface area contributed by atoms with E-state index in [1.165, 1.54) is 0 Å². The van der Waals surface area contributed by atoms with Crippen molar-refractivity contribution >= 4 is 5.82 Å². The number of hydrogen-bond donors (Lipinski definition) is 0. The second-order valence-electron chi connectivity index (χ2n) is 6.46. The van der Waals surface area contributed by atoms with Gasteiger partial charge in [0.05, 0.1) is 12.7 Å². The van der Waals surface area contributed by atoms with E-state index in [0.29, 0.717) is 12.5 Å². The van der Waals surface area contributed by atoms with Crippen molar-refractivity contribution in [2.75, 3.05) is 18.0 Å². The van der Waals surface area contributed by atoms with E-state index in [9.17, 15) is 0 Å². The molecule has 4 rings (SSSR count). The van der Waals surface area contributed by atoms with Crippen molar-refractivity contribution in [1.29, 1.82) is 0 Å². The maximum absolute atomic E-state index is 4.48. The quantitative estimate of drug-likeness (QED) is 0.718. The molecule has 8 heteroatoms. The smallest absolute Gasteiger partial charge is 0.152 e. The molecule has 0 atom stereocenters. The van der Waals surface area contributed by atoms with Crippen LogP contribution in [0.15, 0.2) is 31.0 Å². The van der Waals surface area contributed by atoms with Gasteiger partial charge in [-0.25, -0.2) is 9.97 Å². The fourth-order valence-electron chi connectivity index (χ4n) is 3.41. The molecule has 3 aromatic heterocycles. The van der Waals surface area contributed by atoms with E-state index in [4.69, 9.17) is 0 Å². The van der Waals surface area contributed by atoms with Crippen LogP contribution in [0.3, 0.4) is 0 Å². The molecule has 0 aliphatic carbocycles. The monoisotopic (exact) mass is 338 g/mol. The van der Waals surface area contributed by atoms with Gasteiger partial charge in [-0.15, -0.1) is 10.2 Å². The first kappa shape index (κ1) is 15.7. The number of hydrogen-bond acceptors (Lipinski definition) is 6. The van der Waals surface area contributed by atoms with Crippen molar-refractivity contribution in [2.45, 2.75) is 32.2 Å². The Bertz CT molecular complexity index is 829. The van der Waals surface area contributed by atoms with E-state index >= 15 is 0 Å². The molecule has 0 saturated carbocycles. The Morgan fingerprint density at radius 3 is 2.60 bits per heavy atom. The van der Waals surface area contributed by atoms with Crippen LogP contribution in [0.2, 0.25) is 0 Å². The van der Waals surface area contributed by atoms with Crippen molar-refractivity contribution in [3.05, 3.63) is 48.5 Å². The molecule has 25 heavy (non-hydrogen) atoms. The van der Waals surface area contributed by atoms with Crippen molar-refractivity contribution < 1.29 is 0 Å². The molecule has 1 aliphatic heterocycles. The number of rotatable bonds is 4. The summed E-state index contributed by atoms with van der Waals surface area (Å²) < 4.78 is 4.23. The first-order chi connectivity index (χ1) is 12.2. The predicted octanol–water partition coefficient (Wildman–Crippen LogP) is 1.54. The SMILES string of the molecule is Cc1nccn1Cc1nnc(C2CCN(c3cnccn3)CC2)n1C. The molecular weight excluding hydrogens is 316 g/mol. The highest BCUT2D eigenvalue weighted by atomic mass is 15.3. The second kappa shape index (κ2) is 6.62. The summed E-state index contributed by atoms with van der Waals surface area (Å²) in [5, 5.41) is 8.89. The lowest BCUT2D eigenvalue weighted by atomic mass is 9.96. The molecule has 1 saturated heterocycles. The average molecular weight is 338 g/mol. The van der Waals surface area contributed by atoms with Gasteiger partial charge in [-0.2, -0.15) is 0 Å². The van der Waals surface area contributed by atoms with Crippen molar-refractivity contribution in [3.63, 3.8) is 0 Å². The fourth-order valence-corrected chi connectivity index (χ4v) is 3.41. The molecule has 130 valence electrons. The largest absolute Gasteiger partial charge is 0.355 e. The highest BCUT2D eigenvalue weighted by Crippen LogP contribution is 2.28. The Balaban J connectivity index is 1.44. The summed E-state index contributed by atoms with van der Waals surface area (Å²) in [6.07, 6.45) is 11.2. The van der Waals surface area contributed by atoms with Crippen molar-refractivity contribution in [3.8, 4) is 0 Å². The molecule has 0 spiro atoms. The summed E-state index contributed by atoms with van der Waals surface area (Å²) in [6, 6.07) is 0. The number of nitrogens with zero attached hydrogens (tertiary/aromatic N) is 8. The molecule has 0 amide bonds. The number of anilines is 1. The molecule has 8 nitrogen and oxygen atoms in total. The van der Waals surface area contributed by atoms with Crippen LogP contribution >= 0.6 is 0 Å². The predicted molar refractivity (Wildman–Crippen MR) is 93.3 cm³/mol. The van der Waals surface area contributed by atoms with E-state index in [0.717, 1.165) is 49.2 Å². The topological polar surface area (TPSA) is 77.6 Å². The molecule has 0 bridgehead atoms. The molecule has 1 aliphatic rings. The molecule has 0 unspecified atom stereocenters. The molecule has 0 N–H and O–H groups in total. The number of imidazole rings is 1. The summed E-state index contributed by atoms with van der Waals surface area (Å²) in [5.41, 5.74) is 0. The zero-order valence-electron chi connectivity index (χ0n) is 14.6. The average Bonchev–Trinajstić information content (AvgIpc) is 3.23. The van der Waals surface area contributed by atoms with Crippen LogP contribution in [0.5, 0.6) is 0 Å². The van der Waals surface area contributed by atoms with Crippen molar-refractivity contribution in [2.24, 2.45) is 7.05 Å². The molecule has 0 radical (unpaired) electrons. The van der Waals surface area contributed by atoms with Gasteiger partial charge in [0.2, 0.25) is 0 Å². The fraction of sp³-hybridized carbons (Fsp3) is 0.471. The third-order valence-corrected chi connectivity index (χ3v) is 4.97. The third-order valence-electron chi connectivity index (χ3n) is 4.97. The van der Waals surface area contributed by atoms with Crippen molar-refractivity contribution in [1.82, 2.24) is 34.3 Å². The lowest BCUT2D eigenvalue weighted by molar-refractivity contribution is 0.469. The molecule has 1 fully saturated rings. The van der Waals surface area contributed by atoms with Gasteiger partial charge >= 0.3 is 0 Å². The van der Waals surface area contributed by atoms with Crippen LogP contribution in [-0.2, 0) is 13.6 Å². The van der Waals surface area contributed by atoms with Crippen LogP contribution in [0.25, 0.3) is 0 Å². The van der Waals surface area contributed by atoms with Gasteiger partial charge in [-0.1, -0.05) is 0 Å². The standard InChI is InChI=1S/C17H22N8/c1-13-19-7-10-25(13)12-16-21-22-17(23(16)2)14-3-8-24(9-4-14)15-11-18-5-6-20-15/h5-7,10-11,14H,3-4,8-9,12H2,1-2H3. The molecular formula is C17H22N8. The normalized spacial score (nSPS) is 15.7. The Morgan fingerprint density at radius 1 is 1.08 bits per heavy atom. The minimum atomic E-state index is 0.433. The minimum absolute atomic E-state index is 0.433. The maximum Gasteiger partial charge on any atom is 0.152 e. The summed E-state index contributed by atoms with van der Waals surface area (Å²) in [7, 11) is 2.06. The molecule has 3 aromatic rings. The summed E-state index contributed by atoms with van der Waals surface area (Å²) in [4.78, 5) is 15.1. The van der Waals surface area contributed by atoms with Crippen LogP contribution in [-0.4, -0.2) is 47.4 Å². The summed E-state index contributed by atoms with van der Waals surface area (Å²) >= 11 is 0. The van der Waals surface area contributed by atoms with Gasteiger partial charge in [0.1, 0.15) is 17.5 Å². The Morgan fingerprint density at radius 2 is 1.92 bits per heavy atom. The zero-order chi connectivity index (χ0) is 17.2. The third kappa shape index (κ3) is 3.11. The molecule has 0 aromatic carbocycles. The summed E-state index contributed by atoms with van der Waals surface area (Å²) in [6.45, 7) is 4.63. The first-order valence-corrected chi connectivity index (χ1v) is 8.59. The van der Waals surface area contributed by atoms with E-state index < -0.39 is 0 Å². The van der Waals surface area contributed by atoms with E-state index in [-0.39, 0.29) is 0 Å². The Kier molecular flexibility index (Phi) is 4.17. The van der Waals surface area contributed by atoms with Gasteiger partial charge in [0.15, 0.2) is 5.82 Å². The highest BCUT2D eigenvalue weighted by molar-refractivity contribution is 5.35. The van der Waals surface area contributed by atoms with Gasteiger partial charge in [0.25, 0.3) is 0 Å². The lowest BCUT2D eigenvalue weighted by Gasteiger charge is -2.32. The van der Waals surface area contributed by atoms with Crippen LogP contribution in [0.1, 0.15) is 36.2 Å².